The summed E-state index contributed by atoms with van der Waals surface area (Å²) < 4.78 is 0. The molecule has 3 nitrogen and oxygen atoms in total. The van der Waals surface area contributed by atoms with Crippen molar-refractivity contribution in [3.63, 3.8) is 0 Å². The normalized spacial score (nSPS) is 21.0. The van der Waals surface area contributed by atoms with Gasteiger partial charge in [-0.05, 0) is 44.5 Å². The first kappa shape index (κ1) is 13.0. The minimum atomic E-state index is -0.184. The van der Waals surface area contributed by atoms with Crippen molar-refractivity contribution < 1.29 is 4.79 Å². The number of rotatable bonds is 4. The van der Waals surface area contributed by atoms with E-state index in [0.717, 1.165) is 12.8 Å². The lowest BCUT2D eigenvalue weighted by Crippen LogP contribution is -2.39. The van der Waals surface area contributed by atoms with E-state index in [4.69, 9.17) is 12.2 Å². The first-order valence-electron chi connectivity index (χ1n) is 6.27. The molecule has 0 aliphatic carbocycles. The Morgan fingerprint density at radius 3 is 2.61 bits per heavy atom. The van der Waals surface area contributed by atoms with E-state index >= 15 is 0 Å². The van der Waals surface area contributed by atoms with Gasteiger partial charge >= 0.3 is 0 Å². The van der Waals surface area contributed by atoms with Crippen molar-refractivity contribution in [2.24, 2.45) is 0 Å². The van der Waals surface area contributed by atoms with Gasteiger partial charge in [0.05, 0.1) is 0 Å². The monoisotopic (exact) mass is 262 g/mol. The minimum absolute atomic E-state index is 0.0839. The lowest BCUT2D eigenvalue weighted by atomic mass is 10.1. The fourth-order valence-corrected chi connectivity index (χ4v) is 2.64. The molecule has 2 atom stereocenters. The van der Waals surface area contributed by atoms with Crippen molar-refractivity contribution in [3.8, 4) is 0 Å². The van der Waals surface area contributed by atoms with Gasteiger partial charge in [-0.15, -0.1) is 0 Å². The number of benzene rings is 1. The van der Waals surface area contributed by atoms with Crippen molar-refractivity contribution in [2.45, 2.75) is 38.8 Å². The molecule has 0 radical (unpaired) electrons. The maximum Gasteiger partial charge on any atom is 0.251 e. The summed E-state index contributed by atoms with van der Waals surface area (Å²) in [6, 6.07) is 10.3. The minimum Gasteiger partial charge on any atom is -0.351 e. The SMILES string of the molecule is C[C@H](CCc1ccccc1)N1C(=O)[C@@H](C)NC1=S. The topological polar surface area (TPSA) is 32.3 Å². The van der Waals surface area contributed by atoms with E-state index in [1.807, 2.05) is 32.0 Å². The Morgan fingerprint density at radius 2 is 2.06 bits per heavy atom. The predicted octanol–water partition coefficient (Wildman–Crippen LogP) is 2.11. The van der Waals surface area contributed by atoms with Gasteiger partial charge < -0.3 is 5.32 Å². The van der Waals surface area contributed by atoms with Gasteiger partial charge in [0.25, 0.3) is 5.91 Å². The van der Waals surface area contributed by atoms with Gasteiger partial charge in [-0.25, -0.2) is 0 Å². The van der Waals surface area contributed by atoms with E-state index in [0.29, 0.717) is 5.11 Å². The van der Waals surface area contributed by atoms with Crippen molar-refractivity contribution in [3.05, 3.63) is 35.9 Å². The van der Waals surface area contributed by atoms with Gasteiger partial charge in [0.2, 0.25) is 0 Å². The van der Waals surface area contributed by atoms with Crippen LogP contribution in [0.2, 0.25) is 0 Å². The van der Waals surface area contributed by atoms with E-state index in [1.54, 1.807) is 4.90 Å². The van der Waals surface area contributed by atoms with Gasteiger partial charge in [0, 0.05) is 6.04 Å². The first-order valence-corrected chi connectivity index (χ1v) is 6.68. The smallest absolute Gasteiger partial charge is 0.251 e. The van der Waals surface area contributed by atoms with Crippen molar-refractivity contribution in [2.75, 3.05) is 0 Å². The lowest BCUT2D eigenvalue weighted by molar-refractivity contribution is -0.128. The Morgan fingerprint density at radius 1 is 1.39 bits per heavy atom. The molecule has 1 saturated heterocycles. The van der Waals surface area contributed by atoms with Crippen LogP contribution in [0.3, 0.4) is 0 Å². The third kappa shape index (κ3) is 2.70. The Balaban J connectivity index is 1.94. The van der Waals surface area contributed by atoms with E-state index in [1.165, 1.54) is 5.56 Å². The summed E-state index contributed by atoms with van der Waals surface area (Å²) in [5, 5.41) is 3.57. The summed E-state index contributed by atoms with van der Waals surface area (Å²) in [4.78, 5) is 13.7. The summed E-state index contributed by atoms with van der Waals surface area (Å²) in [6.07, 6.45) is 1.88. The summed E-state index contributed by atoms with van der Waals surface area (Å²) in [5.74, 6) is 0.0839. The predicted molar refractivity (Wildman–Crippen MR) is 76.3 cm³/mol. The summed E-state index contributed by atoms with van der Waals surface area (Å²) >= 11 is 5.20. The number of amides is 1. The van der Waals surface area contributed by atoms with E-state index in [-0.39, 0.29) is 18.0 Å². The van der Waals surface area contributed by atoms with E-state index in [2.05, 4.69) is 17.4 Å². The first-order chi connectivity index (χ1) is 8.59. The number of nitrogens with zero attached hydrogens (tertiary/aromatic N) is 1. The van der Waals surface area contributed by atoms with Crippen LogP contribution in [0.15, 0.2) is 30.3 Å². The Bertz CT molecular complexity index is 446. The Kier molecular flexibility index (Phi) is 3.97. The zero-order chi connectivity index (χ0) is 13.1. The van der Waals surface area contributed by atoms with E-state index in [9.17, 15) is 4.79 Å². The lowest BCUT2D eigenvalue weighted by Gasteiger charge is -2.23. The van der Waals surface area contributed by atoms with Crippen LogP contribution in [0, 0.1) is 0 Å². The largest absolute Gasteiger partial charge is 0.351 e. The van der Waals surface area contributed by atoms with Gasteiger partial charge in [-0.1, -0.05) is 30.3 Å². The molecule has 0 aromatic heterocycles. The van der Waals surface area contributed by atoms with Crippen molar-refractivity contribution in [1.82, 2.24) is 10.2 Å². The second kappa shape index (κ2) is 5.48. The molecule has 1 heterocycles. The average Bonchev–Trinajstić information content (AvgIpc) is 2.62. The zero-order valence-electron chi connectivity index (χ0n) is 10.7. The highest BCUT2D eigenvalue weighted by Crippen LogP contribution is 2.15. The molecule has 0 unspecified atom stereocenters. The fourth-order valence-electron chi connectivity index (χ4n) is 2.19. The summed E-state index contributed by atoms with van der Waals surface area (Å²) in [5.41, 5.74) is 1.29. The van der Waals surface area contributed by atoms with Crippen molar-refractivity contribution >= 4 is 23.2 Å². The van der Waals surface area contributed by atoms with Crippen LogP contribution < -0.4 is 5.32 Å². The molecule has 1 N–H and O–H groups in total. The van der Waals surface area contributed by atoms with Crippen LogP contribution in [0.5, 0.6) is 0 Å². The number of carbonyl (C=O) groups is 1. The highest BCUT2D eigenvalue weighted by Gasteiger charge is 2.34. The number of hydrogen-bond donors (Lipinski definition) is 1. The molecule has 18 heavy (non-hydrogen) atoms. The molecule has 0 bridgehead atoms. The number of aryl methyl sites for hydroxylation is 1. The number of nitrogens with one attached hydrogen (secondary N) is 1. The number of thiocarbonyl (C=S) groups is 1. The molecule has 4 heteroatoms. The summed E-state index contributed by atoms with van der Waals surface area (Å²) in [6.45, 7) is 3.89. The summed E-state index contributed by atoms with van der Waals surface area (Å²) in [7, 11) is 0. The van der Waals surface area contributed by atoms with E-state index < -0.39 is 0 Å². The van der Waals surface area contributed by atoms with Crippen LogP contribution in [0.1, 0.15) is 25.8 Å². The average molecular weight is 262 g/mol. The molecule has 1 aromatic carbocycles. The van der Waals surface area contributed by atoms with Crippen LogP contribution in [-0.2, 0) is 11.2 Å². The molecule has 1 aromatic rings. The van der Waals surface area contributed by atoms with Crippen LogP contribution >= 0.6 is 12.2 Å². The molecule has 1 fully saturated rings. The van der Waals surface area contributed by atoms with Crippen molar-refractivity contribution in [1.29, 1.82) is 0 Å². The molecule has 0 spiro atoms. The molecule has 0 saturated carbocycles. The third-order valence-corrected chi connectivity index (χ3v) is 3.62. The fraction of sp³-hybridized carbons (Fsp3) is 0.429. The maximum atomic E-state index is 11.9. The quantitative estimate of drug-likeness (QED) is 0.844. The second-order valence-corrected chi connectivity index (χ2v) is 5.14. The van der Waals surface area contributed by atoms with Crippen LogP contribution in [0.25, 0.3) is 0 Å². The molecule has 1 aliphatic rings. The Hall–Kier alpha value is -1.42. The highest BCUT2D eigenvalue weighted by molar-refractivity contribution is 7.80. The van der Waals surface area contributed by atoms with Crippen LogP contribution in [-0.4, -0.2) is 28.0 Å². The molecular weight excluding hydrogens is 244 g/mol. The molecule has 2 rings (SSSR count). The zero-order valence-corrected chi connectivity index (χ0v) is 11.5. The van der Waals surface area contributed by atoms with Gasteiger partial charge in [-0.3, -0.25) is 9.69 Å². The van der Waals surface area contributed by atoms with Crippen LogP contribution in [0.4, 0.5) is 0 Å². The highest BCUT2D eigenvalue weighted by atomic mass is 32.1. The Labute approximate surface area is 113 Å². The second-order valence-electron chi connectivity index (χ2n) is 4.75. The van der Waals surface area contributed by atoms with Gasteiger partial charge in [-0.2, -0.15) is 0 Å². The molecule has 96 valence electrons. The third-order valence-electron chi connectivity index (χ3n) is 3.30. The molecule has 1 amide bonds. The van der Waals surface area contributed by atoms with Gasteiger partial charge in [0.1, 0.15) is 6.04 Å². The molecule has 1 aliphatic heterocycles. The van der Waals surface area contributed by atoms with Gasteiger partial charge in [0.15, 0.2) is 5.11 Å². The number of carbonyl (C=O) groups excluding carboxylic acids is 1. The number of hydrogen-bond acceptors (Lipinski definition) is 2. The maximum absolute atomic E-state index is 11.9. The standard InChI is InChI=1S/C14H18N2OS/c1-10(8-9-12-6-4-3-5-7-12)16-13(17)11(2)15-14(16)18/h3-7,10-11H,8-9H2,1-2H3,(H,15,18)/t10-,11-/m1/s1. The molecular formula is C14H18N2OS.